The van der Waals surface area contributed by atoms with Gasteiger partial charge in [0, 0.05) is 46.9 Å². The number of nitro benzene ring substituents is 2. The summed E-state index contributed by atoms with van der Waals surface area (Å²) in [5, 5.41) is 44.8. The molecular formula is C37H56N4O14. The zero-order chi connectivity index (χ0) is 40.2. The summed E-state index contributed by atoms with van der Waals surface area (Å²) in [7, 11) is 8.47. The van der Waals surface area contributed by atoms with E-state index >= 15 is 0 Å². The van der Waals surface area contributed by atoms with Gasteiger partial charge >= 0.3 is 0 Å². The lowest BCUT2D eigenvalue weighted by Gasteiger charge is -2.41. The molecule has 2 aromatic carbocycles. The highest BCUT2D eigenvalue weighted by atomic mass is 16.7. The molecule has 2 N–H and O–H groups in total. The van der Waals surface area contributed by atoms with Crippen LogP contribution < -0.4 is 18.9 Å². The lowest BCUT2D eigenvalue weighted by Crippen LogP contribution is -2.51. The maximum atomic E-state index is 12.4. The van der Waals surface area contributed by atoms with Gasteiger partial charge in [-0.2, -0.15) is 0 Å². The number of rotatable bonds is 22. The van der Waals surface area contributed by atoms with Crippen LogP contribution in [0.5, 0.6) is 23.0 Å². The van der Waals surface area contributed by atoms with Crippen LogP contribution >= 0.6 is 0 Å². The molecule has 55 heavy (non-hydrogen) atoms. The average Bonchev–Trinajstić information content (AvgIpc) is 3.21. The molecule has 18 nitrogen and oxygen atoms in total. The Labute approximate surface area is 321 Å². The van der Waals surface area contributed by atoms with Crippen molar-refractivity contribution in [2.45, 2.75) is 68.6 Å². The van der Waals surface area contributed by atoms with Gasteiger partial charge < -0.3 is 48.1 Å². The smallest absolute Gasteiger partial charge is 0.282 e. The molecule has 308 valence electrons. The number of ether oxygens (including phenoxy) is 8. The van der Waals surface area contributed by atoms with Gasteiger partial charge in [0.15, 0.2) is 23.0 Å². The van der Waals surface area contributed by atoms with Gasteiger partial charge in [0.05, 0.1) is 86.8 Å². The van der Waals surface area contributed by atoms with Crippen LogP contribution in [0, 0.1) is 20.2 Å². The van der Waals surface area contributed by atoms with Gasteiger partial charge in [-0.05, 0) is 50.9 Å². The summed E-state index contributed by atoms with van der Waals surface area (Å²) in [6.45, 7) is 1.57. The molecule has 2 saturated heterocycles. The highest BCUT2D eigenvalue weighted by Crippen LogP contribution is 2.44. The molecule has 2 aromatic rings. The maximum Gasteiger partial charge on any atom is 0.282 e. The van der Waals surface area contributed by atoms with Crippen molar-refractivity contribution in [3.8, 4) is 23.0 Å². The van der Waals surface area contributed by atoms with Gasteiger partial charge in [-0.1, -0.05) is 12.8 Å². The van der Waals surface area contributed by atoms with Crippen LogP contribution in [0.2, 0.25) is 0 Å². The average molecular weight is 781 g/mol. The van der Waals surface area contributed by atoms with Crippen molar-refractivity contribution < 1.29 is 58.0 Å². The van der Waals surface area contributed by atoms with E-state index in [-0.39, 0.29) is 104 Å². The van der Waals surface area contributed by atoms with E-state index in [1.54, 1.807) is 0 Å². The second-order valence-corrected chi connectivity index (χ2v) is 13.5. The predicted octanol–water partition coefficient (Wildman–Crippen LogP) is 3.95. The fraction of sp³-hybridized carbons (Fsp3) is 0.676. The fourth-order valence-electron chi connectivity index (χ4n) is 7.50. The monoisotopic (exact) mass is 780 g/mol. The Morgan fingerprint density at radius 3 is 1.33 bits per heavy atom. The molecule has 0 bridgehead atoms. The first-order chi connectivity index (χ1) is 26.5. The maximum absolute atomic E-state index is 12.4. The Morgan fingerprint density at radius 1 is 0.636 bits per heavy atom. The van der Waals surface area contributed by atoms with E-state index in [1.165, 1.54) is 66.9 Å². The normalized spacial score (nSPS) is 18.5. The number of hydrogen-bond acceptors (Lipinski definition) is 16. The first kappa shape index (κ1) is 43.8. The molecule has 2 atom stereocenters. The molecule has 0 aliphatic carbocycles. The third-order valence-corrected chi connectivity index (χ3v) is 10.6. The zero-order valence-electron chi connectivity index (χ0n) is 32.7. The summed E-state index contributed by atoms with van der Waals surface area (Å²) >= 11 is 0. The van der Waals surface area contributed by atoms with Crippen molar-refractivity contribution >= 4 is 11.4 Å². The largest absolute Gasteiger partial charge is 0.493 e. The van der Waals surface area contributed by atoms with Crippen LogP contribution in [-0.4, -0.2) is 137 Å². The second-order valence-electron chi connectivity index (χ2n) is 13.5. The summed E-state index contributed by atoms with van der Waals surface area (Å²) < 4.78 is 46.4. The second kappa shape index (κ2) is 20.3. The van der Waals surface area contributed by atoms with Gasteiger partial charge in [0.25, 0.3) is 11.4 Å². The first-order valence-electron chi connectivity index (χ1n) is 18.4. The van der Waals surface area contributed by atoms with Crippen LogP contribution in [0.1, 0.15) is 56.1 Å². The Bertz CT molecular complexity index is 1460. The van der Waals surface area contributed by atoms with E-state index in [0.717, 1.165) is 38.5 Å². The number of hydrogen-bond donors (Lipinski definition) is 2. The van der Waals surface area contributed by atoms with Crippen LogP contribution in [0.15, 0.2) is 24.3 Å². The molecule has 0 radical (unpaired) electrons. The SMILES string of the molecule is COc1cc(C(CN2CCCC[C@H]2CO)(OC)OC)c([N+](=O)[O-])cc1OCCCOc1cc([N+](=O)[O-])c(C(CN2CCCC[C@H]2CO)(OC)OC)cc1OC. The predicted molar refractivity (Wildman–Crippen MR) is 199 cm³/mol. The third-order valence-electron chi connectivity index (χ3n) is 10.6. The lowest BCUT2D eigenvalue weighted by atomic mass is 9.97. The van der Waals surface area contributed by atoms with E-state index < -0.39 is 21.4 Å². The Hall–Kier alpha value is -3.88. The van der Waals surface area contributed by atoms with Gasteiger partial charge in [0.1, 0.15) is 0 Å². The standard InChI is InChI=1S/C37H56N4O14/c1-48-32-18-28(36(50-3,51-4)24-38-14-9-7-12-26(38)22-42)30(40(44)45)20-34(32)54-16-11-17-55-35-21-31(41(46)47)29(19-33(35)49-2)37(52-5,53-6)25-39-15-10-8-13-27(39)23-43/h18-21,26-27,42-43H,7-17,22-25H2,1-6H3/t26-,27-/m0/s1. The molecule has 0 spiro atoms. The van der Waals surface area contributed by atoms with Gasteiger partial charge in [0.2, 0.25) is 11.6 Å². The molecule has 2 heterocycles. The van der Waals surface area contributed by atoms with Crippen LogP contribution in [0.25, 0.3) is 0 Å². The Balaban J connectivity index is 1.52. The van der Waals surface area contributed by atoms with Gasteiger partial charge in [-0.25, -0.2) is 0 Å². The van der Waals surface area contributed by atoms with Crippen molar-refractivity contribution in [2.75, 3.05) is 95.3 Å². The fourth-order valence-corrected chi connectivity index (χ4v) is 7.50. The van der Waals surface area contributed by atoms with Gasteiger partial charge in [-0.3, -0.25) is 30.0 Å². The number of benzene rings is 2. The van der Waals surface area contributed by atoms with E-state index in [4.69, 9.17) is 37.9 Å². The number of aliphatic hydroxyl groups excluding tert-OH is 2. The van der Waals surface area contributed by atoms with E-state index in [9.17, 15) is 30.4 Å². The number of nitro groups is 2. The van der Waals surface area contributed by atoms with Crippen molar-refractivity contribution in [1.82, 2.24) is 9.80 Å². The molecule has 0 saturated carbocycles. The van der Waals surface area contributed by atoms with Crippen molar-refractivity contribution in [3.63, 3.8) is 0 Å². The summed E-state index contributed by atoms with van der Waals surface area (Å²) in [5.41, 5.74) is -0.351. The lowest BCUT2D eigenvalue weighted by molar-refractivity contribution is -0.389. The minimum absolute atomic E-state index is 0.0410. The van der Waals surface area contributed by atoms with Gasteiger partial charge in [-0.15, -0.1) is 0 Å². The zero-order valence-corrected chi connectivity index (χ0v) is 32.7. The minimum Gasteiger partial charge on any atom is -0.493 e. The Morgan fingerprint density at radius 2 is 1.02 bits per heavy atom. The molecule has 4 rings (SSSR count). The topological polar surface area (TPSA) is 207 Å². The van der Waals surface area contributed by atoms with Crippen LogP contribution in [-0.2, 0) is 30.5 Å². The molecular weight excluding hydrogens is 724 g/mol. The van der Waals surface area contributed by atoms with E-state index in [2.05, 4.69) is 0 Å². The number of piperidine rings is 2. The summed E-state index contributed by atoms with van der Waals surface area (Å²) in [4.78, 5) is 27.8. The quantitative estimate of drug-likeness (QED) is 0.0751. The molecule has 2 fully saturated rings. The molecule has 18 heteroatoms. The third kappa shape index (κ3) is 9.93. The number of aliphatic hydroxyl groups is 2. The highest BCUT2D eigenvalue weighted by molar-refractivity contribution is 5.57. The van der Waals surface area contributed by atoms with E-state index in [1.807, 2.05) is 9.80 Å². The number of nitrogens with zero attached hydrogens (tertiary/aromatic N) is 4. The molecule has 0 aromatic heterocycles. The number of methoxy groups -OCH3 is 6. The molecule has 2 aliphatic heterocycles. The van der Waals surface area contributed by atoms with Crippen LogP contribution in [0.4, 0.5) is 11.4 Å². The number of likely N-dealkylation sites (tertiary alicyclic amines) is 2. The van der Waals surface area contributed by atoms with Crippen molar-refractivity contribution in [2.24, 2.45) is 0 Å². The highest BCUT2D eigenvalue weighted by Gasteiger charge is 2.44. The van der Waals surface area contributed by atoms with E-state index in [0.29, 0.717) is 13.1 Å². The summed E-state index contributed by atoms with van der Waals surface area (Å²) in [5.74, 6) is -2.47. The van der Waals surface area contributed by atoms with Crippen molar-refractivity contribution in [1.29, 1.82) is 0 Å². The minimum atomic E-state index is -1.55. The molecule has 0 amide bonds. The summed E-state index contributed by atoms with van der Waals surface area (Å²) in [6.07, 6.45) is 5.58. The van der Waals surface area contributed by atoms with Crippen molar-refractivity contribution in [3.05, 3.63) is 55.6 Å². The van der Waals surface area contributed by atoms with Crippen LogP contribution in [0.3, 0.4) is 0 Å². The Kier molecular flexibility index (Phi) is 16.2. The molecule has 0 unspecified atom stereocenters. The molecule has 2 aliphatic rings. The summed E-state index contributed by atoms with van der Waals surface area (Å²) in [6, 6.07) is 5.18. The first-order valence-corrected chi connectivity index (χ1v) is 18.4.